The van der Waals surface area contributed by atoms with Crippen LogP contribution in [0.25, 0.3) is 10.9 Å². The Hall–Kier alpha value is -7.88. The van der Waals surface area contributed by atoms with E-state index in [1.807, 2.05) is 18.2 Å². The lowest BCUT2D eigenvalue weighted by Gasteiger charge is -2.27. The van der Waals surface area contributed by atoms with Gasteiger partial charge in [-0.2, -0.15) is 25.3 Å². The number of benzene rings is 2. The lowest BCUT2D eigenvalue weighted by atomic mass is 10.0. The quantitative estimate of drug-likeness (QED) is 0.00973. The molecule has 0 radical (unpaired) electrons. The number of H-pyrrole nitrogens is 1. The Balaban J connectivity index is 1.58. The number of hydrogen-bond donors (Lipinski definition) is 15. The molecule has 0 spiro atoms. The monoisotopic (exact) mass is 1080 g/mol. The Bertz CT molecular complexity index is 2550. The van der Waals surface area contributed by atoms with Gasteiger partial charge in [-0.05, 0) is 49.8 Å². The number of aliphatic imine (C=N–C) groups is 2. The van der Waals surface area contributed by atoms with Crippen LogP contribution in [0.15, 0.2) is 70.8 Å². The molecule has 1 aliphatic rings. The fourth-order valence-electron chi connectivity index (χ4n) is 7.56. The number of hydrogen-bond acceptors (Lipinski definition) is 14. The van der Waals surface area contributed by atoms with E-state index in [-0.39, 0.29) is 62.7 Å². The summed E-state index contributed by atoms with van der Waals surface area (Å²) in [7, 11) is 1.55. The Labute approximate surface area is 443 Å². The number of aromatic nitrogens is 1. The molecule has 406 valence electrons. The van der Waals surface area contributed by atoms with Crippen molar-refractivity contribution in [3.63, 3.8) is 0 Å². The predicted octanol–water partition coefficient (Wildman–Crippen LogP) is -3.66. The lowest BCUT2D eigenvalue weighted by molar-refractivity contribution is -0.135. The molecule has 28 heteroatoms. The van der Waals surface area contributed by atoms with Gasteiger partial charge in [0, 0.05) is 61.6 Å². The number of fused-ring (bicyclic) bond motifs is 1. The summed E-state index contributed by atoms with van der Waals surface area (Å²) >= 11 is 8.28. The molecule has 11 amide bonds. The molecule has 7 atom stereocenters. The number of urea groups is 1. The van der Waals surface area contributed by atoms with Crippen LogP contribution in [0.3, 0.4) is 0 Å². The van der Waals surface area contributed by atoms with Gasteiger partial charge < -0.3 is 70.0 Å². The SMILES string of the molecule is CN=CNCCC[C@H](NC(=O)[C@@H](C)NC(=O)[C@H](CS)NC(=O)CN1C(=O)CNC1=O)C(=O)N[C@H](Cc1ccccc1)C(=O)N[C@@H](CCCN=C(N)N)C(=O)N[C@@H](Cc1c[nH]c2ccccc12)C(=O)N[C@@H](CS)C(N)=O. The van der Waals surface area contributed by atoms with E-state index in [2.05, 4.69) is 88.1 Å². The Morgan fingerprint density at radius 1 is 0.693 bits per heavy atom. The highest BCUT2D eigenvalue weighted by atomic mass is 32.1. The maximum Gasteiger partial charge on any atom is 0.325 e. The normalized spacial score (nSPS) is 15.0. The standard InChI is InChI=1S/C47H66N16O10S2/c1-26(56-45(72)36(24-75)57-37(64)22-63-38(65)21-55-47(63)73)40(67)58-31(14-8-16-52-25-51-2)41(68)60-33(18-27-10-4-3-5-11-27)43(70)59-32(15-9-17-53-46(49)50)42(69)61-34(44(71)62-35(23-74)39(48)66)19-28-20-54-30-13-7-6-12-29(28)30/h3-7,10-13,20,25-26,31-36,54,74-75H,8-9,14-19,21-24H2,1-2H3,(H2,48,66)(H,51,52)(H,55,73)(H,56,72)(H,57,64)(H,58,67)(H,59,70)(H,60,68)(H,61,69)(H,62,71)(H4,49,50,53)/t26-,31+,32+,33-,34+,35+,36+/m1/s1. The van der Waals surface area contributed by atoms with Crippen molar-refractivity contribution in [2.24, 2.45) is 27.2 Å². The van der Waals surface area contributed by atoms with Crippen molar-refractivity contribution in [2.45, 2.75) is 87.7 Å². The van der Waals surface area contributed by atoms with Crippen LogP contribution in [0.5, 0.6) is 0 Å². The number of primary amides is 1. The molecule has 1 aromatic heterocycles. The zero-order valence-corrected chi connectivity index (χ0v) is 43.2. The van der Waals surface area contributed by atoms with E-state index < -0.39 is 108 Å². The molecule has 2 aromatic carbocycles. The highest BCUT2D eigenvalue weighted by Crippen LogP contribution is 2.20. The van der Waals surface area contributed by atoms with Gasteiger partial charge in [0.25, 0.3) is 5.91 Å². The fourth-order valence-corrected chi connectivity index (χ4v) is 8.09. The van der Waals surface area contributed by atoms with E-state index in [1.54, 1.807) is 49.6 Å². The first-order valence-electron chi connectivity index (χ1n) is 23.8. The number of imide groups is 1. The van der Waals surface area contributed by atoms with Gasteiger partial charge in [0.1, 0.15) is 48.8 Å². The first-order chi connectivity index (χ1) is 35.8. The van der Waals surface area contributed by atoms with Crippen LogP contribution in [0.2, 0.25) is 0 Å². The van der Waals surface area contributed by atoms with Gasteiger partial charge >= 0.3 is 6.03 Å². The lowest BCUT2D eigenvalue weighted by Crippen LogP contribution is -2.60. The Morgan fingerprint density at radius 3 is 1.85 bits per heavy atom. The molecule has 0 saturated carbocycles. The summed E-state index contributed by atoms with van der Waals surface area (Å²) in [6.07, 6.45) is 3.38. The second-order valence-corrected chi connectivity index (χ2v) is 18.0. The summed E-state index contributed by atoms with van der Waals surface area (Å²) < 4.78 is 0. The molecular formula is C47H66N16O10S2. The number of carbonyl (C=O) groups is 10. The van der Waals surface area contributed by atoms with Gasteiger partial charge in [0.15, 0.2) is 5.96 Å². The second kappa shape index (κ2) is 30.3. The number of rotatable bonds is 31. The first kappa shape index (κ1) is 59.7. The van der Waals surface area contributed by atoms with Crippen molar-refractivity contribution in [1.82, 2.24) is 57.7 Å². The van der Waals surface area contributed by atoms with E-state index in [0.29, 0.717) is 29.0 Å². The molecule has 16 N–H and O–H groups in total. The first-order valence-corrected chi connectivity index (χ1v) is 25.1. The van der Waals surface area contributed by atoms with Gasteiger partial charge in [0.2, 0.25) is 47.3 Å². The third kappa shape index (κ3) is 19.2. The van der Waals surface area contributed by atoms with Crippen LogP contribution in [-0.2, 0) is 56.0 Å². The van der Waals surface area contributed by atoms with Crippen LogP contribution in [-0.4, -0.2) is 168 Å². The van der Waals surface area contributed by atoms with Crippen molar-refractivity contribution < 1.29 is 47.9 Å². The third-order valence-corrected chi connectivity index (χ3v) is 12.3. The van der Waals surface area contributed by atoms with Crippen LogP contribution < -0.4 is 65.1 Å². The average molecular weight is 1080 g/mol. The highest BCUT2D eigenvalue weighted by Gasteiger charge is 2.35. The number of amides is 11. The van der Waals surface area contributed by atoms with Gasteiger partial charge in [-0.15, -0.1) is 0 Å². The molecule has 1 aliphatic heterocycles. The molecule has 2 heterocycles. The van der Waals surface area contributed by atoms with Crippen LogP contribution >= 0.6 is 25.3 Å². The highest BCUT2D eigenvalue weighted by molar-refractivity contribution is 7.80. The van der Waals surface area contributed by atoms with E-state index in [1.165, 1.54) is 13.3 Å². The number of carbonyl (C=O) groups excluding carboxylic acids is 10. The van der Waals surface area contributed by atoms with Crippen molar-refractivity contribution in [1.29, 1.82) is 0 Å². The van der Waals surface area contributed by atoms with Crippen molar-refractivity contribution in [3.8, 4) is 0 Å². The van der Waals surface area contributed by atoms with Crippen LogP contribution in [0.4, 0.5) is 4.79 Å². The molecule has 3 aromatic rings. The summed E-state index contributed by atoms with van der Waals surface area (Å²) in [5, 5.41) is 24.3. The van der Waals surface area contributed by atoms with Crippen LogP contribution in [0, 0.1) is 0 Å². The molecule has 0 bridgehead atoms. The van der Waals surface area contributed by atoms with Crippen LogP contribution in [0.1, 0.15) is 43.7 Å². The minimum atomic E-state index is -1.38. The molecule has 4 rings (SSSR count). The molecule has 0 unspecified atom stereocenters. The topological polar surface area (TPSA) is 401 Å². The maximum atomic E-state index is 14.6. The van der Waals surface area contributed by atoms with Gasteiger partial charge in [-0.25, -0.2) is 4.79 Å². The number of thiol groups is 2. The number of nitrogens with two attached hydrogens (primary N) is 3. The average Bonchev–Trinajstić information content (AvgIpc) is 3.94. The molecule has 0 aliphatic carbocycles. The zero-order valence-electron chi connectivity index (χ0n) is 41.4. The molecule has 26 nitrogen and oxygen atoms in total. The van der Waals surface area contributed by atoms with Crippen molar-refractivity contribution >= 4 is 108 Å². The number of nitrogens with one attached hydrogen (secondary N) is 10. The minimum absolute atomic E-state index is 0.0140. The van der Waals surface area contributed by atoms with E-state index in [9.17, 15) is 47.9 Å². The number of aromatic amines is 1. The van der Waals surface area contributed by atoms with E-state index in [4.69, 9.17) is 17.2 Å². The van der Waals surface area contributed by atoms with Gasteiger partial charge in [-0.3, -0.25) is 58.0 Å². The van der Waals surface area contributed by atoms with Crippen molar-refractivity contribution in [3.05, 3.63) is 71.9 Å². The number of para-hydroxylation sites is 1. The minimum Gasteiger partial charge on any atom is -0.376 e. The van der Waals surface area contributed by atoms with E-state index >= 15 is 0 Å². The zero-order chi connectivity index (χ0) is 55.0. The number of guanidine groups is 1. The summed E-state index contributed by atoms with van der Waals surface area (Å²) in [5.41, 5.74) is 18.6. The fraction of sp³-hybridized carbons (Fsp3) is 0.447. The summed E-state index contributed by atoms with van der Waals surface area (Å²) in [5.74, 6) is -7.76. The van der Waals surface area contributed by atoms with Crippen molar-refractivity contribution in [2.75, 3.05) is 44.7 Å². The Morgan fingerprint density at radius 2 is 1.25 bits per heavy atom. The molecule has 1 fully saturated rings. The summed E-state index contributed by atoms with van der Waals surface area (Å²) in [6, 6.07) is 6.01. The summed E-state index contributed by atoms with van der Waals surface area (Å²) in [6.45, 7) is 0.767. The maximum absolute atomic E-state index is 14.6. The largest absolute Gasteiger partial charge is 0.376 e. The smallest absolute Gasteiger partial charge is 0.325 e. The van der Waals surface area contributed by atoms with Gasteiger partial charge in [-0.1, -0.05) is 48.5 Å². The third-order valence-electron chi connectivity index (χ3n) is 11.6. The predicted molar refractivity (Wildman–Crippen MR) is 285 cm³/mol. The molecule has 1 saturated heterocycles. The molecular weight excluding hydrogens is 1010 g/mol. The van der Waals surface area contributed by atoms with Gasteiger partial charge in [0.05, 0.1) is 12.9 Å². The number of nitrogens with zero attached hydrogens (tertiary/aromatic N) is 3. The summed E-state index contributed by atoms with van der Waals surface area (Å²) in [4.78, 5) is 145. The molecule has 75 heavy (non-hydrogen) atoms. The second-order valence-electron chi connectivity index (χ2n) is 17.2. The van der Waals surface area contributed by atoms with E-state index in [0.717, 1.165) is 10.9 Å². The Kier molecular flexibility index (Phi) is 24.1.